The molecule has 7 nitrogen and oxygen atoms in total. The number of halogens is 1. The van der Waals surface area contributed by atoms with Crippen molar-refractivity contribution in [2.45, 2.75) is 20.3 Å². The molecule has 3 aliphatic rings. The highest BCUT2D eigenvalue weighted by atomic mass is 35.5. The van der Waals surface area contributed by atoms with E-state index in [4.69, 9.17) is 21.3 Å². The lowest BCUT2D eigenvalue weighted by Gasteiger charge is -2.19. The van der Waals surface area contributed by atoms with Gasteiger partial charge in [0.15, 0.2) is 12.4 Å². The molecular formula is C35H27ClN2O5. The molecule has 0 spiro atoms. The Bertz CT molecular complexity index is 1880. The van der Waals surface area contributed by atoms with Gasteiger partial charge in [0.1, 0.15) is 0 Å². The third-order valence-electron chi connectivity index (χ3n) is 9.06. The zero-order chi connectivity index (χ0) is 30.0. The van der Waals surface area contributed by atoms with Gasteiger partial charge in [-0.05, 0) is 80.1 Å². The molecule has 2 aliphatic carbocycles. The first-order valence-electron chi connectivity index (χ1n) is 14.2. The number of ether oxygens (including phenoxy) is 1. The molecule has 4 aromatic rings. The van der Waals surface area contributed by atoms with E-state index in [1.165, 1.54) is 10.5 Å². The molecule has 0 radical (unpaired) electrons. The van der Waals surface area contributed by atoms with Crippen LogP contribution in [0.25, 0.3) is 22.2 Å². The molecule has 1 aromatic heterocycles. The summed E-state index contributed by atoms with van der Waals surface area (Å²) in [6, 6.07) is 20.7. The van der Waals surface area contributed by atoms with Crippen LogP contribution in [0.2, 0.25) is 5.02 Å². The molecule has 0 N–H and O–H groups in total. The number of Topliss-reactive ketones (excluding diaryl/α,β-unsaturated/α-hetero) is 1. The maximum absolute atomic E-state index is 13.4. The summed E-state index contributed by atoms with van der Waals surface area (Å²) in [5, 5.41) is 1.12. The molecule has 1 aliphatic heterocycles. The fraction of sp³-hybridized carbons (Fsp3) is 0.229. The molecule has 1 saturated carbocycles. The number of para-hydroxylation sites is 1. The van der Waals surface area contributed by atoms with Crippen molar-refractivity contribution in [1.82, 2.24) is 4.98 Å². The quantitative estimate of drug-likeness (QED) is 0.109. The van der Waals surface area contributed by atoms with Crippen molar-refractivity contribution in [1.29, 1.82) is 0 Å². The first-order chi connectivity index (χ1) is 20.7. The normalized spacial score (nSPS) is 22.2. The van der Waals surface area contributed by atoms with Crippen LogP contribution in [0.5, 0.6) is 0 Å². The monoisotopic (exact) mass is 590 g/mol. The number of fused-ring (bicyclic) bond motifs is 6. The number of benzene rings is 3. The number of nitrogens with zero attached hydrogens (tertiary/aromatic N) is 2. The summed E-state index contributed by atoms with van der Waals surface area (Å²) >= 11 is 5.91. The van der Waals surface area contributed by atoms with E-state index in [-0.39, 0.29) is 46.8 Å². The minimum atomic E-state index is -0.642. The molecule has 2 fully saturated rings. The highest BCUT2D eigenvalue weighted by Gasteiger charge is 2.60. The summed E-state index contributed by atoms with van der Waals surface area (Å²) in [7, 11) is 0. The number of carbonyl (C=O) groups excluding carboxylic acids is 4. The number of aromatic nitrogens is 1. The number of anilines is 1. The maximum atomic E-state index is 13.4. The topological polar surface area (TPSA) is 93.6 Å². The van der Waals surface area contributed by atoms with E-state index >= 15 is 0 Å². The molecule has 2 heterocycles. The number of pyridine rings is 1. The van der Waals surface area contributed by atoms with Crippen LogP contribution in [0.4, 0.5) is 5.69 Å². The first kappa shape index (κ1) is 27.2. The summed E-state index contributed by atoms with van der Waals surface area (Å²) in [6.07, 6.45) is 3.05. The van der Waals surface area contributed by atoms with Crippen molar-refractivity contribution in [3.05, 3.63) is 106 Å². The fourth-order valence-corrected chi connectivity index (χ4v) is 7.07. The van der Waals surface area contributed by atoms with Crippen molar-refractivity contribution in [2.24, 2.45) is 23.7 Å². The van der Waals surface area contributed by atoms with Gasteiger partial charge in [-0.15, -0.1) is 0 Å². The standard InChI is InChI=1S/C35H27ClN2O5/c1-18-4-3-5-25-27(35(42)43-17-29(39)21-6-10-23(36)11-7-21)16-28(37-32(18)25)20-8-12-24(13-9-20)38-33(40)30-22-14-19(2)26(15-22)31(30)34(38)41/h3-14,16,22,26,30-31H,15,17H2,1-2H3. The predicted octanol–water partition coefficient (Wildman–Crippen LogP) is 6.60. The Morgan fingerprint density at radius 2 is 1.67 bits per heavy atom. The van der Waals surface area contributed by atoms with Gasteiger partial charge in [0.25, 0.3) is 0 Å². The zero-order valence-electron chi connectivity index (χ0n) is 23.5. The number of amides is 2. The Hall–Kier alpha value is -4.62. The van der Waals surface area contributed by atoms with Gasteiger partial charge in [-0.3, -0.25) is 19.3 Å². The SMILES string of the molecule is CC1=CC2CC1C1C(=O)N(c3ccc(-c4cc(C(=O)OCC(=O)c5ccc(Cl)cc5)c5cccc(C)c5n4)cc3)C(=O)C21. The second-order valence-corrected chi connectivity index (χ2v) is 12.0. The molecule has 2 amide bonds. The lowest BCUT2D eigenvalue weighted by molar-refractivity contribution is -0.123. The van der Waals surface area contributed by atoms with E-state index in [0.29, 0.717) is 38.4 Å². The van der Waals surface area contributed by atoms with E-state index in [1.54, 1.807) is 60.7 Å². The smallest absolute Gasteiger partial charge is 0.339 e. The largest absolute Gasteiger partial charge is 0.454 e. The molecule has 3 aromatic carbocycles. The van der Waals surface area contributed by atoms with Gasteiger partial charge in [-0.1, -0.05) is 53.6 Å². The van der Waals surface area contributed by atoms with E-state index in [2.05, 4.69) is 13.0 Å². The van der Waals surface area contributed by atoms with Crippen LogP contribution in [0.1, 0.15) is 39.6 Å². The van der Waals surface area contributed by atoms with Gasteiger partial charge in [0.05, 0.1) is 34.3 Å². The molecule has 7 rings (SSSR count). The average Bonchev–Trinajstić information content (AvgIpc) is 3.65. The van der Waals surface area contributed by atoms with E-state index in [0.717, 1.165) is 12.0 Å². The Kier molecular flexibility index (Phi) is 6.51. The number of rotatable bonds is 6. The Labute approximate surface area is 253 Å². The molecular weight excluding hydrogens is 564 g/mol. The van der Waals surface area contributed by atoms with Crippen molar-refractivity contribution < 1.29 is 23.9 Å². The zero-order valence-corrected chi connectivity index (χ0v) is 24.3. The number of carbonyl (C=O) groups is 4. The number of imide groups is 1. The predicted molar refractivity (Wildman–Crippen MR) is 163 cm³/mol. The third-order valence-corrected chi connectivity index (χ3v) is 9.32. The molecule has 43 heavy (non-hydrogen) atoms. The van der Waals surface area contributed by atoms with Gasteiger partial charge in [0, 0.05) is 21.5 Å². The van der Waals surface area contributed by atoms with Gasteiger partial charge < -0.3 is 4.74 Å². The molecule has 4 unspecified atom stereocenters. The molecule has 1 saturated heterocycles. The lowest BCUT2D eigenvalue weighted by Crippen LogP contribution is -2.32. The van der Waals surface area contributed by atoms with Crippen molar-refractivity contribution in [3.63, 3.8) is 0 Å². The summed E-state index contributed by atoms with van der Waals surface area (Å²) in [5.41, 5.74) is 5.17. The first-order valence-corrected chi connectivity index (χ1v) is 14.6. The van der Waals surface area contributed by atoms with Crippen LogP contribution in [0.3, 0.4) is 0 Å². The molecule has 214 valence electrons. The number of aryl methyl sites for hydroxylation is 1. The summed E-state index contributed by atoms with van der Waals surface area (Å²) in [6.45, 7) is 3.54. The van der Waals surface area contributed by atoms with Gasteiger partial charge in [0.2, 0.25) is 11.8 Å². The van der Waals surface area contributed by atoms with Crippen molar-refractivity contribution in [2.75, 3.05) is 11.5 Å². The number of allylic oxidation sites excluding steroid dienone is 2. The van der Waals surface area contributed by atoms with E-state index in [9.17, 15) is 19.2 Å². The van der Waals surface area contributed by atoms with Crippen LogP contribution in [-0.4, -0.2) is 35.2 Å². The average molecular weight is 591 g/mol. The summed E-state index contributed by atoms with van der Waals surface area (Å²) < 4.78 is 5.45. The van der Waals surface area contributed by atoms with Crippen LogP contribution >= 0.6 is 11.6 Å². The van der Waals surface area contributed by atoms with E-state index in [1.807, 2.05) is 19.1 Å². The fourth-order valence-electron chi connectivity index (χ4n) is 6.95. The highest BCUT2D eigenvalue weighted by Crippen LogP contribution is 2.56. The number of esters is 1. The maximum Gasteiger partial charge on any atom is 0.339 e. The van der Waals surface area contributed by atoms with E-state index < -0.39 is 12.6 Å². The Morgan fingerprint density at radius 1 is 0.953 bits per heavy atom. The number of hydrogen-bond acceptors (Lipinski definition) is 6. The van der Waals surface area contributed by atoms with Crippen LogP contribution in [-0.2, 0) is 14.3 Å². The Morgan fingerprint density at radius 3 is 2.42 bits per heavy atom. The molecule has 4 atom stereocenters. The second kappa shape index (κ2) is 10.3. The van der Waals surface area contributed by atoms with Crippen molar-refractivity contribution in [3.8, 4) is 11.3 Å². The van der Waals surface area contributed by atoms with Gasteiger partial charge in [-0.2, -0.15) is 0 Å². The van der Waals surface area contributed by atoms with Crippen LogP contribution < -0.4 is 4.90 Å². The summed E-state index contributed by atoms with van der Waals surface area (Å²) in [5.74, 6) is -1.49. The van der Waals surface area contributed by atoms with Crippen LogP contribution in [0.15, 0.2) is 84.4 Å². The number of hydrogen-bond donors (Lipinski definition) is 0. The lowest BCUT2D eigenvalue weighted by atomic mass is 9.82. The van der Waals surface area contributed by atoms with Crippen LogP contribution in [0, 0.1) is 30.6 Å². The molecule has 8 heteroatoms. The Balaban J connectivity index is 1.17. The third kappa shape index (κ3) is 4.46. The number of ketones is 1. The minimum Gasteiger partial charge on any atom is -0.454 e. The molecule has 2 bridgehead atoms. The second-order valence-electron chi connectivity index (χ2n) is 11.6. The van der Waals surface area contributed by atoms with Gasteiger partial charge >= 0.3 is 5.97 Å². The highest BCUT2D eigenvalue weighted by molar-refractivity contribution is 6.30. The summed E-state index contributed by atoms with van der Waals surface area (Å²) in [4.78, 5) is 58.8. The minimum absolute atomic E-state index is 0.125. The van der Waals surface area contributed by atoms with Crippen molar-refractivity contribution >= 4 is 51.8 Å². The van der Waals surface area contributed by atoms with Gasteiger partial charge in [-0.25, -0.2) is 9.78 Å².